The van der Waals surface area contributed by atoms with Crippen LogP contribution in [0.5, 0.6) is 5.75 Å². The Labute approximate surface area is 143 Å². The summed E-state index contributed by atoms with van der Waals surface area (Å²) in [5, 5.41) is 5.42. The van der Waals surface area contributed by atoms with Crippen molar-refractivity contribution in [3.8, 4) is 5.75 Å². The van der Waals surface area contributed by atoms with Gasteiger partial charge >= 0.3 is 0 Å². The van der Waals surface area contributed by atoms with Crippen LogP contribution in [0.25, 0.3) is 0 Å². The van der Waals surface area contributed by atoms with Crippen LogP contribution >= 0.6 is 46.4 Å². The predicted molar refractivity (Wildman–Crippen MR) is 91.4 cm³/mol. The van der Waals surface area contributed by atoms with Gasteiger partial charge in [0.15, 0.2) is 0 Å². The van der Waals surface area contributed by atoms with Gasteiger partial charge < -0.3 is 10.1 Å². The second kappa shape index (κ2) is 7.46. The highest BCUT2D eigenvalue weighted by molar-refractivity contribution is 6.36. The molecule has 2 aromatic carbocycles. The fourth-order valence-electron chi connectivity index (χ4n) is 1.90. The molecule has 0 aliphatic carbocycles. The van der Waals surface area contributed by atoms with Gasteiger partial charge in [0.25, 0.3) is 0 Å². The number of rotatable bonds is 5. The molecule has 0 aromatic heterocycles. The summed E-state index contributed by atoms with van der Waals surface area (Å²) < 4.78 is 5.58. The summed E-state index contributed by atoms with van der Waals surface area (Å²) in [6.07, 6.45) is 0. The van der Waals surface area contributed by atoms with E-state index in [1.165, 1.54) is 0 Å². The molecule has 0 saturated heterocycles. The third-order valence-electron chi connectivity index (χ3n) is 2.72. The lowest BCUT2D eigenvalue weighted by Crippen LogP contribution is -2.04. The Bertz CT molecular complexity index is 626. The van der Waals surface area contributed by atoms with Crippen molar-refractivity contribution in [3.05, 3.63) is 56.0 Å². The second-order valence-electron chi connectivity index (χ2n) is 4.32. The highest BCUT2D eigenvalue weighted by Crippen LogP contribution is 2.33. The first-order valence-corrected chi connectivity index (χ1v) is 7.81. The minimum Gasteiger partial charge on any atom is -0.492 e. The molecule has 0 aliphatic heterocycles. The van der Waals surface area contributed by atoms with Gasteiger partial charge in [-0.15, -0.1) is 0 Å². The van der Waals surface area contributed by atoms with Crippen LogP contribution in [0.4, 0.5) is 5.69 Å². The Kier molecular flexibility index (Phi) is 5.88. The van der Waals surface area contributed by atoms with E-state index in [0.717, 1.165) is 11.3 Å². The number of benzene rings is 2. The minimum atomic E-state index is 0.491. The average Bonchev–Trinajstić information content (AvgIpc) is 2.38. The maximum absolute atomic E-state index is 6.17. The van der Waals surface area contributed by atoms with Crippen molar-refractivity contribution in [2.45, 2.75) is 13.5 Å². The molecule has 0 saturated carbocycles. The van der Waals surface area contributed by atoms with Crippen molar-refractivity contribution < 1.29 is 4.74 Å². The highest BCUT2D eigenvalue weighted by atomic mass is 35.5. The topological polar surface area (TPSA) is 21.3 Å². The van der Waals surface area contributed by atoms with Crippen molar-refractivity contribution in [2.24, 2.45) is 0 Å². The summed E-state index contributed by atoms with van der Waals surface area (Å²) in [4.78, 5) is 0. The number of halogens is 4. The molecule has 0 unspecified atom stereocenters. The Morgan fingerprint density at radius 3 is 2.14 bits per heavy atom. The molecule has 0 fully saturated rings. The Morgan fingerprint density at radius 1 is 0.905 bits per heavy atom. The van der Waals surface area contributed by atoms with E-state index in [9.17, 15) is 0 Å². The van der Waals surface area contributed by atoms with E-state index >= 15 is 0 Å². The zero-order chi connectivity index (χ0) is 15.4. The van der Waals surface area contributed by atoms with Gasteiger partial charge in [-0.05, 0) is 37.3 Å². The van der Waals surface area contributed by atoms with Crippen molar-refractivity contribution in [2.75, 3.05) is 11.9 Å². The zero-order valence-corrected chi connectivity index (χ0v) is 14.2. The fourth-order valence-corrected chi connectivity index (χ4v) is 3.02. The molecule has 2 rings (SSSR count). The summed E-state index contributed by atoms with van der Waals surface area (Å²) in [7, 11) is 0. The smallest absolute Gasteiger partial charge is 0.142 e. The summed E-state index contributed by atoms with van der Waals surface area (Å²) in [6, 6.07) is 8.74. The van der Waals surface area contributed by atoms with Crippen LogP contribution < -0.4 is 10.1 Å². The van der Waals surface area contributed by atoms with Crippen LogP contribution in [-0.4, -0.2) is 6.61 Å². The SMILES string of the molecule is CCOc1c(Cl)cc(Cl)cc1CNc1cc(Cl)cc(Cl)c1. The van der Waals surface area contributed by atoms with Gasteiger partial charge in [-0.2, -0.15) is 0 Å². The van der Waals surface area contributed by atoms with Gasteiger partial charge in [0.05, 0.1) is 11.6 Å². The van der Waals surface area contributed by atoms with Crippen molar-refractivity contribution >= 4 is 52.1 Å². The van der Waals surface area contributed by atoms with Gasteiger partial charge in [-0.1, -0.05) is 46.4 Å². The van der Waals surface area contributed by atoms with Crippen LogP contribution in [0, 0.1) is 0 Å². The monoisotopic (exact) mass is 363 g/mol. The summed E-state index contributed by atoms with van der Waals surface area (Å²) >= 11 is 24.2. The predicted octanol–water partition coefficient (Wildman–Crippen LogP) is 6.31. The van der Waals surface area contributed by atoms with E-state index in [1.807, 2.05) is 13.0 Å². The van der Waals surface area contributed by atoms with Crippen LogP contribution in [0.2, 0.25) is 20.1 Å². The Morgan fingerprint density at radius 2 is 1.52 bits per heavy atom. The molecule has 0 spiro atoms. The van der Waals surface area contributed by atoms with E-state index < -0.39 is 0 Å². The normalized spacial score (nSPS) is 10.5. The van der Waals surface area contributed by atoms with Gasteiger partial charge in [-0.3, -0.25) is 0 Å². The molecule has 0 heterocycles. The van der Waals surface area contributed by atoms with E-state index in [1.54, 1.807) is 24.3 Å². The third-order valence-corrected chi connectivity index (χ3v) is 3.65. The molecule has 2 aromatic rings. The van der Waals surface area contributed by atoms with Gasteiger partial charge in [0.1, 0.15) is 5.75 Å². The van der Waals surface area contributed by atoms with E-state index in [-0.39, 0.29) is 0 Å². The first-order chi connectivity index (χ1) is 9.99. The number of hydrogen-bond acceptors (Lipinski definition) is 2. The molecule has 1 N–H and O–H groups in total. The molecule has 112 valence electrons. The van der Waals surface area contributed by atoms with Crippen molar-refractivity contribution in [1.82, 2.24) is 0 Å². The maximum atomic E-state index is 6.17. The van der Waals surface area contributed by atoms with Crippen LogP contribution in [0.15, 0.2) is 30.3 Å². The van der Waals surface area contributed by atoms with Crippen LogP contribution in [0.1, 0.15) is 12.5 Å². The second-order valence-corrected chi connectivity index (χ2v) is 6.04. The minimum absolute atomic E-state index is 0.491. The van der Waals surface area contributed by atoms with E-state index in [0.29, 0.717) is 39.0 Å². The third kappa shape index (κ3) is 4.58. The first-order valence-electron chi connectivity index (χ1n) is 6.30. The molecule has 6 heteroatoms. The average molecular weight is 365 g/mol. The van der Waals surface area contributed by atoms with Crippen molar-refractivity contribution in [3.63, 3.8) is 0 Å². The van der Waals surface area contributed by atoms with Gasteiger partial charge in [0, 0.05) is 32.9 Å². The molecule has 0 amide bonds. The van der Waals surface area contributed by atoms with E-state index in [4.69, 9.17) is 51.1 Å². The quantitative estimate of drug-likeness (QED) is 0.670. The van der Waals surface area contributed by atoms with Crippen LogP contribution in [-0.2, 0) is 6.54 Å². The number of hydrogen-bond donors (Lipinski definition) is 1. The largest absolute Gasteiger partial charge is 0.492 e. The van der Waals surface area contributed by atoms with E-state index in [2.05, 4.69) is 5.32 Å². The molecule has 0 radical (unpaired) electrons. The molecule has 2 nitrogen and oxygen atoms in total. The molecular formula is C15H13Cl4NO. The Balaban J connectivity index is 2.22. The van der Waals surface area contributed by atoms with Crippen LogP contribution in [0.3, 0.4) is 0 Å². The standard InChI is InChI=1S/C15H13Cl4NO/c1-2-21-15-9(3-10(16)7-14(15)19)8-20-13-5-11(17)4-12(18)6-13/h3-7,20H,2,8H2,1H3. The molecule has 0 atom stereocenters. The van der Waals surface area contributed by atoms with Gasteiger partial charge in [-0.25, -0.2) is 0 Å². The molecular weight excluding hydrogens is 352 g/mol. The summed E-state index contributed by atoms with van der Waals surface area (Å²) in [5.41, 5.74) is 1.68. The van der Waals surface area contributed by atoms with Crippen molar-refractivity contribution in [1.29, 1.82) is 0 Å². The first kappa shape index (κ1) is 16.6. The lowest BCUT2D eigenvalue weighted by atomic mass is 10.2. The highest BCUT2D eigenvalue weighted by Gasteiger charge is 2.10. The summed E-state index contributed by atoms with van der Waals surface area (Å²) in [6.45, 7) is 2.92. The number of ether oxygens (including phenoxy) is 1. The lowest BCUT2D eigenvalue weighted by Gasteiger charge is -2.14. The molecule has 0 aliphatic rings. The number of anilines is 1. The zero-order valence-electron chi connectivity index (χ0n) is 11.2. The van der Waals surface area contributed by atoms with Gasteiger partial charge in [0.2, 0.25) is 0 Å². The Hall–Kier alpha value is -0.800. The lowest BCUT2D eigenvalue weighted by molar-refractivity contribution is 0.337. The molecule has 0 bridgehead atoms. The molecule has 21 heavy (non-hydrogen) atoms. The maximum Gasteiger partial charge on any atom is 0.142 e. The summed E-state index contributed by atoms with van der Waals surface area (Å²) in [5.74, 6) is 0.629. The fraction of sp³-hybridized carbons (Fsp3) is 0.200. The number of nitrogens with one attached hydrogen (secondary N) is 1.